The van der Waals surface area contributed by atoms with Crippen LogP contribution in [0.2, 0.25) is 5.02 Å². The van der Waals surface area contributed by atoms with Crippen molar-refractivity contribution in [2.45, 2.75) is 37.2 Å². The summed E-state index contributed by atoms with van der Waals surface area (Å²) in [4.78, 5) is 1.52. The Labute approximate surface area is 183 Å². The highest BCUT2D eigenvalue weighted by atomic mass is 35.5. The Kier molecular flexibility index (Phi) is 6.39. The van der Waals surface area contributed by atoms with E-state index in [1.165, 1.54) is 15.7 Å². The summed E-state index contributed by atoms with van der Waals surface area (Å²) in [7, 11) is 0. The van der Waals surface area contributed by atoms with E-state index in [4.69, 9.17) is 11.6 Å². The SMILES string of the molecule is N#CC(CCC[NH+]1CCC(O)(c2ccc(Cl)cc2)CC1)c1ccc2ccccc2c1. The number of piperidine rings is 1. The Hall–Kier alpha value is -2.38. The predicted octanol–water partition coefficient (Wildman–Crippen LogP) is 4.45. The molecule has 0 amide bonds. The fourth-order valence-electron chi connectivity index (χ4n) is 4.60. The van der Waals surface area contributed by atoms with Crippen molar-refractivity contribution in [2.75, 3.05) is 19.6 Å². The minimum Gasteiger partial charge on any atom is -0.385 e. The summed E-state index contributed by atoms with van der Waals surface area (Å²) in [6.07, 6.45) is 3.41. The van der Waals surface area contributed by atoms with Gasteiger partial charge in [0.05, 0.1) is 31.6 Å². The Morgan fingerprint density at radius 1 is 1.00 bits per heavy atom. The van der Waals surface area contributed by atoms with E-state index in [2.05, 4.69) is 36.4 Å². The summed E-state index contributed by atoms with van der Waals surface area (Å²) in [5.74, 6) is -0.0650. The van der Waals surface area contributed by atoms with Gasteiger partial charge in [0.2, 0.25) is 0 Å². The summed E-state index contributed by atoms with van der Waals surface area (Å²) >= 11 is 5.98. The highest BCUT2D eigenvalue weighted by Crippen LogP contribution is 2.30. The maximum atomic E-state index is 11.0. The number of quaternary nitrogens is 1. The molecule has 4 heteroatoms. The lowest BCUT2D eigenvalue weighted by Crippen LogP contribution is -3.13. The number of nitrogens with one attached hydrogen (secondary N) is 1. The third kappa shape index (κ3) is 4.68. The molecule has 1 unspecified atom stereocenters. The smallest absolute Gasteiger partial charge is 0.100 e. The normalized spacial score (nSPS) is 22.5. The van der Waals surface area contributed by atoms with Gasteiger partial charge in [-0.2, -0.15) is 5.26 Å². The highest BCUT2D eigenvalue weighted by molar-refractivity contribution is 6.30. The molecule has 0 radical (unpaired) electrons. The molecule has 154 valence electrons. The van der Waals surface area contributed by atoms with Gasteiger partial charge in [0.15, 0.2) is 0 Å². The number of hydrogen-bond acceptors (Lipinski definition) is 2. The number of hydrogen-bond donors (Lipinski definition) is 2. The van der Waals surface area contributed by atoms with E-state index in [-0.39, 0.29) is 5.92 Å². The standard InChI is InChI=1S/C26H27ClN2O/c27-25-11-9-24(10-12-25)26(30)13-16-29(17-14-26)15-3-6-23(19-28)22-8-7-20-4-1-2-5-21(20)18-22/h1-2,4-5,7-12,18,23,30H,3,6,13-17H2/p+1. The van der Waals surface area contributed by atoms with Crippen molar-refractivity contribution in [2.24, 2.45) is 0 Å². The molecule has 4 rings (SSSR count). The molecule has 1 aliphatic heterocycles. The van der Waals surface area contributed by atoms with E-state index in [0.717, 1.165) is 56.4 Å². The zero-order chi connectivity index (χ0) is 21.0. The summed E-state index contributed by atoms with van der Waals surface area (Å²) in [6, 6.07) is 24.7. The number of rotatable bonds is 6. The first-order chi connectivity index (χ1) is 14.6. The van der Waals surface area contributed by atoms with E-state index < -0.39 is 5.60 Å². The Morgan fingerprint density at radius 3 is 2.40 bits per heavy atom. The summed E-state index contributed by atoms with van der Waals surface area (Å²) in [5, 5.41) is 23.8. The average molecular weight is 420 g/mol. The van der Waals surface area contributed by atoms with Crippen molar-refractivity contribution in [3.63, 3.8) is 0 Å². The minimum atomic E-state index is -0.742. The van der Waals surface area contributed by atoms with Crippen LogP contribution < -0.4 is 4.90 Å². The average Bonchev–Trinajstić information content (AvgIpc) is 2.78. The minimum absolute atomic E-state index is 0.0650. The molecule has 2 N–H and O–H groups in total. The quantitative estimate of drug-likeness (QED) is 0.620. The van der Waals surface area contributed by atoms with Crippen molar-refractivity contribution in [1.29, 1.82) is 5.26 Å². The van der Waals surface area contributed by atoms with Gasteiger partial charge in [0, 0.05) is 17.9 Å². The number of benzene rings is 3. The molecule has 0 spiro atoms. The maximum Gasteiger partial charge on any atom is 0.100 e. The molecule has 3 aromatic carbocycles. The summed E-state index contributed by atoms with van der Waals surface area (Å²) in [5.41, 5.74) is 1.34. The number of nitriles is 1. The van der Waals surface area contributed by atoms with Crippen molar-refractivity contribution >= 4 is 22.4 Å². The Balaban J connectivity index is 1.29. The first-order valence-electron chi connectivity index (χ1n) is 10.8. The van der Waals surface area contributed by atoms with Gasteiger partial charge < -0.3 is 10.0 Å². The first-order valence-corrected chi connectivity index (χ1v) is 11.2. The van der Waals surface area contributed by atoms with Crippen LogP contribution >= 0.6 is 11.6 Å². The van der Waals surface area contributed by atoms with E-state index in [9.17, 15) is 10.4 Å². The zero-order valence-corrected chi connectivity index (χ0v) is 17.9. The fraction of sp³-hybridized carbons (Fsp3) is 0.346. The van der Waals surface area contributed by atoms with Crippen molar-refractivity contribution in [1.82, 2.24) is 0 Å². The molecule has 1 fully saturated rings. The number of halogens is 1. The molecule has 1 atom stereocenters. The number of nitrogens with zero attached hydrogens (tertiary/aromatic N) is 1. The van der Waals surface area contributed by atoms with Gasteiger partial charge in [0.1, 0.15) is 5.60 Å². The molecule has 30 heavy (non-hydrogen) atoms. The van der Waals surface area contributed by atoms with E-state index in [1.54, 1.807) is 0 Å². The van der Waals surface area contributed by atoms with Crippen LogP contribution in [-0.4, -0.2) is 24.7 Å². The molecule has 1 aliphatic rings. The monoisotopic (exact) mass is 419 g/mol. The van der Waals surface area contributed by atoms with Crippen LogP contribution in [0.25, 0.3) is 10.8 Å². The van der Waals surface area contributed by atoms with Gasteiger partial charge in [-0.25, -0.2) is 0 Å². The van der Waals surface area contributed by atoms with Gasteiger partial charge in [-0.1, -0.05) is 60.1 Å². The van der Waals surface area contributed by atoms with Crippen LogP contribution in [0.3, 0.4) is 0 Å². The molecule has 0 aliphatic carbocycles. The van der Waals surface area contributed by atoms with Crippen LogP contribution in [0.15, 0.2) is 66.7 Å². The molecular formula is C26H28ClN2O+. The van der Waals surface area contributed by atoms with Crippen LogP contribution in [0.1, 0.15) is 42.7 Å². The molecule has 3 nitrogen and oxygen atoms in total. The second-order valence-corrected chi connectivity index (χ2v) is 8.91. The second kappa shape index (κ2) is 9.18. The van der Waals surface area contributed by atoms with E-state index in [1.807, 2.05) is 36.4 Å². The van der Waals surface area contributed by atoms with Crippen molar-refractivity contribution < 1.29 is 10.0 Å². The molecule has 1 saturated heterocycles. The lowest BCUT2D eigenvalue weighted by molar-refractivity contribution is -0.908. The topological polar surface area (TPSA) is 48.5 Å². The van der Waals surface area contributed by atoms with Gasteiger partial charge in [0.25, 0.3) is 0 Å². The third-order valence-electron chi connectivity index (χ3n) is 6.52. The Bertz CT molecular complexity index is 1030. The molecule has 3 aromatic rings. The predicted molar refractivity (Wildman–Crippen MR) is 122 cm³/mol. The highest BCUT2D eigenvalue weighted by Gasteiger charge is 2.36. The maximum absolute atomic E-state index is 11.0. The van der Waals surface area contributed by atoms with Gasteiger partial charge in [-0.15, -0.1) is 0 Å². The van der Waals surface area contributed by atoms with Gasteiger partial charge >= 0.3 is 0 Å². The molecule has 1 heterocycles. The molecule has 0 bridgehead atoms. The van der Waals surface area contributed by atoms with Gasteiger partial charge in [-0.3, -0.25) is 0 Å². The third-order valence-corrected chi connectivity index (χ3v) is 6.77. The second-order valence-electron chi connectivity index (χ2n) is 8.47. The summed E-state index contributed by atoms with van der Waals surface area (Å²) < 4.78 is 0. The molecular weight excluding hydrogens is 392 g/mol. The number of likely N-dealkylation sites (tertiary alicyclic amines) is 1. The van der Waals surface area contributed by atoms with Crippen molar-refractivity contribution in [3.05, 3.63) is 82.9 Å². The lowest BCUT2D eigenvalue weighted by atomic mass is 9.84. The largest absolute Gasteiger partial charge is 0.385 e. The van der Waals surface area contributed by atoms with Crippen LogP contribution in [0.5, 0.6) is 0 Å². The molecule has 0 aromatic heterocycles. The number of fused-ring (bicyclic) bond motifs is 1. The van der Waals surface area contributed by atoms with Crippen molar-refractivity contribution in [3.8, 4) is 6.07 Å². The lowest BCUT2D eigenvalue weighted by Gasteiger charge is -2.36. The fourth-order valence-corrected chi connectivity index (χ4v) is 4.73. The summed E-state index contributed by atoms with van der Waals surface area (Å²) in [6.45, 7) is 2.95. The number of aliphatic hydroxyl groups is 1. The Morgan fingerprint density at radius 2 is 1.70 bits per heavy atom. The van der Waals surface area contributed by atoms with Crippen LogP contribution in [0, 0.1) is 11.3 Å². The zero-order valence-electron chi connectivity index (χ0n) is 17.2. The first kappa shape index (κ1) is 20.9. The van der Waals surface area contributed by atoms with E-state index in [0.29, 0.717) is 5.02 Å². The molecule has 0 saturated carbocycles. The van der Waals surface area contributed by atoms with Crippen LogP contribution in [-0.2, 0) is 5.60 Å². The van der Waals surface area contributed by atoms with Crippen LogP contribution in [0.4, 0.5) is 0 Å². The van der Waals surface area contributed by atoms with E-state index >= 15 is 0 Å². The van der Waals surface area contributed by atoms with Gasteiger partial charge in [-0.05, 0) is 52.9 Å².